The van der Waals surface area contributed by atoms with Crippen molar-refractivity contribution in [3.8, 4) is 0 Å². The monoisotopic (exact) mass is 127 g/mol. The lowest BCUT2D eigenvalue weighted by molar-refractivity contribution is 0.727. The average molecular weight is 127 g/mol. The van der Waals surface area contributed by atoms with E-state index in [1.165, 1.54) is 5.57 Å². The summed E-state index contributed by atoms with van der Waals surface area (Å²) in [7, 11) is 0. The van der Waals surface area contributed by atoms with Gasteiger partial charge in [0.15, 0.2) is 0 Å². The Kier molecular flexibility index (Phi) is 4.41. The van der Waals surface area contributed by atoms with E-state index < -0.39 is 0 Å². The SMILES string of the molecule is CC/C(=C/CN)C(C)C. The summed E-state index contributed by atoms with van der Waals surface area (Å²) in [5.74, 6) is 0.665. The third-order valence-electron chi connectivity index (χ3n) is 1.53. The molecular weight excluding hydrogens is 110 g/mol. The molecule has 0 rings (SSSR count). The Morgan fingerprint density at radius 2 is 2.11 bits per heavy atom. The van der Waals surface area contributed by atoms with Crippen LogP contribution in [0.1, 0.15) is 27.2 Å². The first-order chi connectivity index (χ1) is 4.22. The molecule has 0 aliphatic carbocycles. The van der Waals surface area contributed by atoms with Gasteiger partial charge in [-0.15, -0.1) is 0 Å². The largest absolute Gasteiger partial charge is 0.327 e. The molecule has 9 heavy (non-hydrogen) atoms. The summed E-state index contributed by atoms with van der Waals surface area (Å²) in [5, 5.41) is 0. The second-order valence-electron chi connectivity index (χ2n) is 2.52. The first-order valence-corrected chi connectivity index (χ1v) is 3.61. The topological polar surface area (TPSA) is 26.0 Å². The van der Waals surface area contributed by atoms with Crippen LogP contribution in [0.15, 0.2) is 11.6 Å². The van der Waals surface area contributed by atoms with E-state index >= 15 is 0 Å². The second-order valence-corrected chi connectivity index (χ2v) is 2.52. The van der Waals surface area contributed by atoms with Gasteiger partial charge >= 0.3 is 0 Å². The molecule has 0 aliphatic heterocycles. The van der Waals surface area contributed by atoms with Crippen molar-refractivity contribution < 1.29 is 0 Å². The van der Waals surface area contributed by atoms with Crippen molar-refractivity contribution in [2.45, 2.75) is 27.2 Å². The van der Waals surface area contributed by atoms with E-state index in [-0.39, 0.29) is 0 Å². The molecule has 0 atom stereocenters. The highest BCUT2D eigenvalue weighted by Gasteiger charge is 1.97. The normalized spacial score (nSPS) is 12.8. The van der Waals surface area contributed by atoms with Crippen LogP contribution in [0.2, 0.25) is 0 Å². The molecule has 0 spiro atoms. The van der Waals surface area contributed by atoms with Gasteiger partial charge < -0.3 is 5.73 Å². The smallest absolute Gasteiger partial charge is 0.0109 e. The zero-order valence-corrected chi connectivity index (χ0v) is 6.65. The van der Waals surface area contributed by atoms with Crippen LogP contribution in [0.25, 0.3) is 0 Å². The molecule has 0 bridgehead atoms. The molecule has 1 heteroatoms. The van der Waals surface area contributed by atoms with Crippen molar-refractivity contribution in [3.05, 3.63) is 11.6 Å². The van der Waals surface area contributed by atoms with E-state index in [9.17, 15) is 0 Å². The summed E-state index contributed by atoms with van der Waals surface area (Å²) in [4.78, 5) is 0. The van der Waals surface area contributed by atoms with Crippen LogP contribution in [0, 0.1) is 5.92 Å². The molecule has 0 saturated heterocycles. The van der Waals surface area contributed by atoms with Crippen LogP contribution in [-0.2, 0) is 0 Å². The maximum Gasteiger partial charge on any atom is 0.0109 e. The van der Waals surface area contributed by atoms with Gasteiger partial charge in [-0.1, -0.05) is 32.4 Å². The fourth-order valence-corrected chi connectivity index (χ4v) is 0.940. The Morgan fingerprint density at radius 3 is 2.22 bits per heavy atom. The number of hydrogen-bond donors (Lipinski definition) is 1. The molecule has 0 saturated carbocycles. The van der Waals surface area contributed by atoms with E-state index in [4.69, 9.17) is 5.73 Å². The summed E-state index contributed by atoms with van der Waals surface area (Å²) >= 11 is 0. The number of allylic oxidation sites excluding steroid dienone is 1. The Hall–Kier alpha value is -0.300. The van der Waals surface area contributed by atoms with Gasteiger partial charge in [0.25, 0.3) is 0 Å². The Morgan fingerprint density at radius 1 is 1.56 bits per heavy atom. The summed E-state index contributed by atoms with van der Waals surface area (Å²) in [6.45, 7) is 7.25. The van der Waals surface area contributed by atoms with Crippen molar-refractivity contribution >= 4 is 0 Å². The maximum absolute atomic E-state index is 5.37. The molecule has 0 aromatic carbocycles. The van der Waals surface area contributed by atoms with Gasteiger partial charge in [0, 0.05) is 6.54 Å². The van der Waals surface area contributed by atoms with E-state index in [2.05, 4.69) is 26.8 Å². The molecule has 0 radical (unpaired) electrons. The minimum Gasteiger partial charge on any atom is -0.327 e. The van der Waals surface area contributed by atoms with E-state index in [0.717, 1.165) is 6.42 Å². The van der Waals surface area contributed by atoms with Gasteiger partial charge in [0.1, 0.15) is 0 Å². The summed E-state index contributed by atoms with van der Waals surface area (Å²) in [5.41, 5.74) is 6.84. The standard InChI is InChI=1S/C8H17N/c1-4-8(5-6-9)7(2)3/h5,7H,4,6,9H2,1-3H3/b8-5-. The van der Waals surface area contributed by atoms with Gasteiger partial charge in [0.05, 0.1) is 0 Å². The molecule has 0 amide bonds. The predicted octanol–water partition coefficient (Wildman–Crippen LogP) is 1.94. The summed E-state index contributed by atoms with van der Waals surface area (Å²) in [6.07, 6.45) is 3.25. The van der Waals surface area contributed by atoms with Gasteiger partial charge in [-0.2, -0.15) is 0 Å². The maximum atomic E-state index is 5.37. The fourth-order valence-electron chi connectivity index (χ4n) is 0.940. The number of rotatable bonds is 3. The van der Waals surface area contributed by atoms with Crippen LogP contribution >= 0.6 is 0 Å². The highest BCUT2D eigenvalue weighted by atomic mass is 14.5. The average Bonchev–Trinajstić information content (AvgIpc) is 1.82. The van der Waals surface area contributed by atoms with Crippen LogP contribution < -0.4 is 5.73 Å². The van der Waals surface area contributed by atoms with Gasteiger partial charge in [-0.05, 0) is 12.3 Å². The summed E-state index contributed by atoms with van der Waals surface area (Å²) in [6, 6.07) is 0. The van der Waals surface area contributed by atoms with Crippen LogP contribution in [0.3, 0.4) is 0 Å². The van der Waals surface area contributed by atoms with Crippen molar-refractivity contribution in [3.63, 3.8) is 0 Å². The zero-order valence-electron chi connectivity index (χ0n) is 6.65. The lowest BCUT2D eigenvalue weighted by atomic mass is 10.0. The highest BCUT2D eigenvalue weighted by Crippen LogP contribution is 2.11. The molecule has 0 heterocycles. The fraction of sp³-hybridized carbons (Fsp3) is 0.750. The van der Waals surface area contributed by atoms with E-state index in [1.54, 1.807) is 0 Å². The summed E-state index contributed by atoms with van der Waals surface area (Å²) < 4.78 is 0. The number of hydrogen-bond acceptors (Lipinski definition) is 1. The Labute approximate surface area is 57.9 Å². The highest BCUT2D eigenvalue weighted by molar-refractivity contribution is 5.04. The molecule has 1 nitrogen and oxygen atoms in total. The molecule has 0 fully saturated rings. The van der Waals surface area contributed by atoms with E-state index in [1.807, 2.05) is 0 Å². The van der Waals surface area contributed by atoms with Crippen molar-refractivity contribution in [1.82, 2.24) is 0 Å². The van der Waals surface area contributed by atoms with Crippen molar-refractivity contribution in [2.24, 2.45) is 11.7 Å². The third-order valence-corrected chi connectivity index (χ3v) is 1.53. The van der Waals surface area contributed by atoms with Gasteiger partial charge in [-0.3, -0.25) is 0 Å². The van der Waals surface area contributed by atoms with Crippen molar-refractivity contribution in [2.75, 3.05) is 6.54 Å². The first kappa shape index (κ1) is 8.70. The van der Waals surface area contributed by atoms with Crippen LogP contribution in [-0.4, -0.2) is 6.54 Å². The Bertz CT molecular complexity index is 92.7. The first-order valence-electron chi connectivity index (χ1n) is 3.61. The lowest BCUT2D eigenvalue weighted by Gasteiger charge is -2.06. The minimum absolute atomic E-state index is 0.665. The van der Waals surface area contributed by atoms with Gasteiger partial charge in [0.2, 0.25) is 0 Å². The molecule has 2 N–H and O–H groups in total. The molecule has 0 unspecified atom stereocenters. The minimum atomic E-state index is 0.665. The Balaban J connectivity index is 3.81. The lowest BCUT2D eigenvalue weighted by Crippen LogP contribution is -1.99. The van der Waals surface area contributed by atoms with Gasteiger partial charge in [-0.25, -0.2) is 0 Å². The molecule has 0 aliphatic rings. The zero-order chi connectivity index (χ0) is 7.28. The van der Waals surface area contributed by atoms with Crippen molar-refractivity contribution in [1.29, 1.82) is 0 Å². The molecular formula is C8H17N. The molecule has 54 valence electrons. The molecule has 0 aromatic rings. The van der Waals surface area contributed by atoms with Crippen LogP contribution in [0.4, 0.5) is 0 Å². The number of nitrogens with two attached hydrogens (primary N) is 1. The third kappa shape index (κ3) is 3.31. The second kappa shape index (κ2) is 4.57. The van der Waals surface area contributed by atoms with E-state index in [0.29, 0.717) is 12.5 Å². The predicted molar refractivity (Wildman–Crippen MR) is 42.3 cm³/mol. The quantitative estimate of drug-likeness (QED) is 0.576. The van der Waals surface area contributed by atoms with Crippen LogP contribution in [0.5, 0.6) is 0 Å². The molecule has 0 aromatic heterocycles.